The number of hydrogen-bond donors (Lipinski definition) is 2. The number of carbonyl (C=O) groups excluding carboxylic acids is 1. The van der Waals surface area contributed by atoms with Crippen LogP contribution in [0.25, 0.3) is 21.7 Å². The molecular weight excluding hydrogens is 382 g/mol. The molecule has 0 radical (unpaired) electrons. The Hall–Kier alpha value is -3.58. The SMILES string of the molecule is O=C(NCc1ccc(-c2ccncc2)cc1)NCc1nnc(-c2ccccc2)s1. The van der Waals surface area contributed by atoms with Crippen LogP contribution in [0.2, 0.25) is 0 Å². The zero-order valence-corrected chi connectivity index (χ0v) is 16.4. The second-order valence-electron chi connectivity index (χ2n) is 6.34. The Bertz CT molecular complexity index is 1070. The van der Waals surface area contributed by atoms with Crippen molar-refractivity contribution >= 4 is 17.4 Å². The van der Waals surface area contributed by atoms with E-state index in [0.29, 0.717) is 13.1 Å². The van der Waals surface area contributed by atoms with Gasteiger partial charge in [-0.1, -0.05) is 65.9 Å². The molecule has 0 aliphatic rings. The normalized spacial score (nSPS) is 10.5. The zero-order valence-electron chi connectivity index (χ0n) is 15.6. The lowest BCUT2D eigenvalue weighted by atomic mass is 10.1. The number of nitrogens with zero attached hydrogens (tertiary/aromatic N) is 3. The molecule has 2 N–H and O–H groups in total. The van der Waals surface area contributed by atoms with Crippen LogP contribution in [0.15, 0.2) is 79.1 Å². The zero-order chi connectivity index (χ0) is 19.9. The van der Waals surface area contributed by atoms with E-state index in [-0.39, 0.29) is 6.03 Å². The summed E-state index contributed by atoms with van der Waals surface area (Å²) in [6.07, 6.45) is 3.55. The Kier molecular flexibility index (Phi) is 5.87. The highest BCUT2D eigenvalue weighted by molar-refractivity contribution is 7.14. The number of urea groups is 1. The van der Waals surface area contributed by atoms with Gasteiger partial charge in [-0.2, -0.15) is 0 Å². The lowest BCUT2D eigenvalue weighted by molar-refractivity contribution is 0.240. The molecular formula is C22H19N5OS. The second kappa shape index (κ2) is 9.07. The number of pyridine rings is 1. The van der Waals surface area contributed by atoms with E-state index in [2.05, 4.69) is 25.8 Å². The molecule has 0 aliphatic carbocycles. The molecule has 6 nitrogen and oxygen atoms in total. The molecule has 7 heteroatoms. The van der Waals surface area contributed by atoms with Crippen molar-refractivity contribution in [2.75, 3.05) is 0 Å². The summed E-state index contributed by atoms with van der Waals surface area (Å²) >= 11 is 1.47. The van der Waals surface area contributed by atoms with Crippen LogP contribution in [-0.4, -0.2) is 21.2 Å². The summed E-state index contributed by atoms with van der Waals surface area (Å²) in [6.45, 7) is 0.797. The fourth-order valence-electron chi connectivity index (χ4n) is 2.78. The predicted octanol–water partition coefficient (Wildman–Crippen LogP) is 4.27. The number of carbonyl (C=O) groups is 1. The van der Waals surface area contributed by atoms with Gasteiger partial charge in [0.05, 0.1) is 6.54 Å². The monoisotopic (exact) mass is 401 g/mol. The highest BCUT2D eigenvalue weighted by Gasteiger charge is 2.08. The van der Waals surface area contributed by atoms with Crippen LogP contribution in [0.5, 0.6) is 0 Å². The minimum absolute atomic E-state index is 0.236. The quantitative estimate of drug-likeness (QED) is 0.506. The van der Waals surface area contributed by atoms with Gasteiger partial charge in [-0.25, -0.2) is 4.79 Å². The minimum atomic E-state index is -0.236. The first kappa shape index (κ1) is 18.8. The molecule has 2 aromatic heterocycles. The predicted molar refractivity (Wildman–Crippen MR) is 114 cm³/mol. The van der Waals surface area contributed by atoms with Crippen molar-refractivity contribution in [2.24, 2.45) is 0 Å². The lowest BCUT2D eigenvalue weighted by Crippen LogP contribution is -2.34. The fourth-order valence-corrected chi connectivity index (χ4v) is 3.57. The number of benzene rings is 2. The second-order valence-corrected chi connectivity index (χ2v) is 7.40. The summed E-state index contributed by atoms with van der Waals surface area (Å²) < 4.78 is 0. The van der Waals surface area contributed by atoms with Crippen molar-refractivity contribution in [3.63, 3.8) is 0 Å². The van der Waals surface area contributed by atoms with Crippen molar-refractivity contribution in [1.29, 1.82) is 0 Å². The smallest absolute Gasteiger partial charge is 0.315 e. The number of rotatable bonds is 6. The van der Waals surface area contributed by atoms with E-state index in [4.69, 9.17) is 0 Å². The van der Waals surface area contributed by atoms with Crippen molar-refractivity contribution in [3.8, 4) is 21.7 Å². The van der Waals surface area contributed by atoms with E-state index in [0.717, 1.165) is 32.3 Å². The summed E-state index contributed by atoms with van der Waals surface area (Å²) in [5.41, 5.74) is 4.28. The first-order valence-electron chi connectivity index (χ1n) is 9.17. The van der Waals surface area contributed by atoms with Gasteiger partial charge in [0.15, 0.2) is 0 Å². The average molecular weight is 401 g/mol. The van der Waals surface area contributed by atoms with Gasteiger partial charge in [0, 0.05) is 24.5 Å². The molecule has 0 unspecified atom stereocenters. The molecule has 2 amide bonds. The molecule has 0 bridgehead atoms. The molecule has 2 heterocycles. The Morgan fingerprint density at radius 3 is 2.21 bits per heavy atom. The Morgan fingerprint density at radius 2 is 1.45 bits per heavy atom. The number of hydrogen-bond acceptors (Lipinski definition) is 5. The molecule has 4 rings (SSSR count). The van der Waals surface area contributed by atoms with E-state index in [9.17, 15) is 4.79 Å². The molecule has 0 saturated carbocycles. The Balaban J connectivity index is 1.26. The topological polar surface area (TPSA) is 79.8 Å². The van der Waals surface area contributed by atoms with Crippen molar-refractivity contribution in [1.82, 2.24) is 25.8 Å². The lowest BCUT2D eigenvalue weighted by Gasteiger charge is -2.07. The van der Waals surface area contributed by atoms with Crippen LogP contribution in [0.3, 0.4) is 0 Å². The largest absolute Gasteiger partial charge is 0.334 e. The van der Waals surface area contributed by atoms with Gasteiger partial charge >= 0.3 is 6.03 Å². The van der Waals surface area contributed by atoms with E-state index in [1.165, 1.54) is 11.3 Å². The molecule has 4 aromatic rings. The summed E-state index contributed by atoms with van der Waals surface area (Å²) in [5.74, 6) is 0. The van der Waals surface area contributed by atoms with Gasteiger partial charge in [-0.3, -0.25) is 4.98 Å². The van der Waals surface area contributed by atoms with Gasteiger partial charge in [0.2, 0.25) is 0 Å². The third-order valence-corrected chi connectivity index (χ3v) is 5.28. The van der Waals surface area contributed by atoms with Crippen LogP contribution in [0.1, 0.15) is 10.6 Å². The van der Waals surface area contributed by atoms with Crippen molar-refractivity contribution in [3.05, 3.63) is 89.7 Å². The van der Waals surface area contributed by atoms with Crippen LogP contribution < -0.4 is 10.6 Å². The maximum Gasteiger partial charge on any atom is 0.315 e. The summed E-state index contributed by atoms with van der Waals surface area (Å²) in [7, 11) is 0. The number of aromatic nitrogens is 3. The minimum Gasteiger partial charge on any atom is -0.334 e. The van der Waals surface area contributed by atoms with E-state index in [1.54, 1.807) is 12.4 Å². The van der Waals surface area contributed by atoms with E-state index >= 15 is 0 Å². The van der Waals surface area contributed by atoms with E-state index in [1.807, 2.05) is 66.7 Å². The molecule has 0 spiro atoms. The molecule has 0 atom stereocenters. The first-order valence-corrected chi connectivity index (χ1v) is 9.98. The highest BCUT2D eigenvalue weighted by atomic mass is 32.1. The third kappa shape index (κ3) is 5.03. The van der Waals surface area contributed by atoms with Crippen molar-refractivity contribution < 1.29 is 4.79 Å². The van der Waals surface area contributed by atoms with E-state index < -0.39 is 0 Å². The van der Waals surface area contributed by atoms with Crippen LogP contribution in [0, 0.1) is 0 Å². The fraction of sp³-hybridized carbons (Fsp3) is 0.0909. The maximum absolute atomic E-state index is 12.1. The first-order chi connectivity index (χ1) is 14.3. The standard InChI is InChI=1S/C22H19N5OS/c28-22(25-15-20-26-27-21(29-20)19-4-2-1-3-5-19)24-14-16-6-8-17(9-7-16)18-10-12-23-13-11-18/h1-13H,14-15H2,(H2,24,25,28). The molecule has 0 aliphatic heterocycles. The highest BCUT2D eigenvalue weighted by Crippen LogP contribution is 2.22. The molecule has 144 valence electrons. The third-order valence-electron chi connectivity index (χ3n) is 4.31. The van der Waals surface area contributed by atoms with Gasteiger partial charge in [-0.05, 0) is 28.8 Å². The molecule has 2 aromatic carbocycles. The Labute approximate surface area is 172 Å². The van der Waals surface area contributed by atoms with Crippen molar-refractivity contribution in [2.45, 2.75) is 13.1 Å². The van der Waals surface area contributed by atoms with Crippen LogP contribution in [0.4, 0.5) is 4.79 Å². The number of nitrogens with one attached hydrogen (secondary N) is 2. The van der Waals surface area contributed by atoms with Gasteiger partial charge in [0.25, 0.3) is 0 Å². The molecule has 0 fully saturated rings. The van der Waals surface area contributed by atoms with Gasteiger partial charge in [0.1, 0.15) is 10.0 Å². The summed E-state index contributed by atoms with van der Waals surface area (Å²) in [4.78, 5) is 16.1. The number of amides is 2. The van der Waals surface area contributed by atoms with Crippen LogP contribution in [-0.2, 0) is 13.1 Å². The summed E-state index contributed by atoms with van der Waals surface area (Å²) in [6, 6.07) is 21.7. The maximum atomic E-state index is 12.1. The van der Waals surface area contributed by atoms with Gasteiger partial charge < -0.3 is 10.6 Å². The average Bonchev–Trinajstić information content (AvgIpc) is 3.27. The summed E-state index contributed by atoms with van der Waals surface area (Å²) in [5, 5.41) is 15.6. The van der Waals surface area contributed by atoms with Gasteiger partial charge in [-0.15, -0.1) is 10.2 Å². The van der Waals surface area contributed by atoms with Crippen LogP contribution >= 0.6 is 11.3 Å². The molecule has 0 saturated heterocycles. The Morgan fingerprint density at radius 1 is 0.759 bits per heavy atom. The molecule has 29 heavy (non-hydrogen) atoms.